The minimum atomic E-state index is 0.701. The van der Waals surface area contributed by atoms with Gasteiger partial charge in [0, 0.05) is 23.1 Å². The average molecular weight is 258 g/mol. The van der Waals surface area contributed by atoms with Gasteiger partial charge in [-0.05, 0) is 31.2 Å². The molecule has 3 aromatic rings. The highest BCUT2D eigenvalue weighted by Crippen LogP contribution is 2.25. The molecule has 0 saturated carbocycles. The van der Waals surface area contributed by atoms with Crippen molar-refractivity contribution >= 4 is 22.9 Å². The van der Waals surface area contributed by atoms with Crippen molar-refractivity contribution in [2.75, 3.05) is 5.73 Å². The maximum Gasteiger partial charge on any atom is 0.137 e. The van der Waals surface area contributed by atoms with E-state index in [1.54, 1.807) is 0 Å². The smallest absolute Gasteiger partial charge is 0.137 e. The molecule has 0 atom stereocenters. The fourth-order valence-corrected chi connectivity index (χ4v) is 2.21. The van der Waals surface area contributed by atoms with E-state index in [0.29, 0.717) is 5.02 Å². The van der Waals surface area contributed by atoms with E-state index in [4.69, 9.17) is 17.3 Å². The summed E-state index contributed by atoms with van der Waals surface area (Å²) < 4.78 is 1.99. The number of pyridine rings is 1. The van der Waals surface area contributed by atoms with Gasteiger partial charge in [0.05, 0.1) is 10.7 Å². The number of nitrogen functional groups attached to an aromatic ring is 1. The van der Waals surface area contributed by atoms with Gasteiger partial charge in [0.1, 0.15) is 5.65 Å². The van der Waals surface area contributed by atoms with Crippen molar-refractivity contribution in [2.24, 2.45) is 0 Å². The van der Waals surface area contributed by atoms with Gasteiger partial charge >= 0.3 is 0 Å². The first-order chi connectivity index (χ1) is 8.65. The third-order valence-corrected chi connectivity index (χ3v) is 3.23. The summed E-state index contributed by atoms with van der Waals surface area (Å²) in [5.74, 6) is 0. The molecule has 0 spiro atoms. The quantitative estimate of drug-likeness (QED) is 0.678. The number of aryl methyl sites for hydroxylation is 1. The van der Waals surface area contributed by atoms with E-state index in [0.717, 1.165) is 28.3 Å². The molecule has 0 aliphatic heterocycles. The number of benzene rings is 1. The molecular formula is C14H12ClN3. The highest BCUT2D eigenvalue weighted by molar-refractivity contribution is 6.30. The van der Waals surface area contributed by atoms with Gasteiger partial charge in [-0.1, -0.05) is 23.7 Å². The molecule has 0 aliphatic rings. The fourth-order valence-electron chi connectivity index (χ4n) is 2.05. The van der Waals surface area contributed by atoms with E-state index in [1.165, 1.54) is 0 Å². The molecular weight excluding hydrogens is 246 g/mol. The molecule has 0 bridgehead atoms. The summed E-state index contributed by atoms with van der Waals surface area (Å²) in [4.78, 5) is 4.62. The number of hydrogen-bond acceptors (Lipinski definition) is 2. The van der Waals surface area contributed by atoms with E-state index in [2.05, 4.69) is 4.98 Å². The van der Waals surface area contributed by atoms with Crippen LogP contribution in [-0.4, -0.2) is 9.38 Å². The van der Waals surface area contributed by atoms with E-state index in [9.17, 15) is 0 Å². The van der Waals surface area contributed by atoms with Gasteiger partial charge in [-0.25, -0.2) is 4.98 Å². The minimum Gasteiger partial charge on any atom is -0.399 e. The zero-order valence-electron chi connectivity index (χ0n) is 9.89. The number of halogens is 1. The van der Waals surface area contributed by atoms with Crippen LogP contribution in [0.3, 0.4) is 0 Å². The van der Waals surface area contributed by atoms with Crippen molar-refractivity contribution in [1.82, 2.24) is 9.38 Å². The predicted octanol–water partition coefficient (Wildman–Crippen LogP) is 3.55. The number of aromatic nitrogens is 2. The summed E-state index contributed by atoms with van der Waals surface area (Å²) in [5.41, 5.74) is 10.4. The highest BCUT2D eigenvalue weighted by atomic mass is 35.5. The molecule has 0 radical (unpaired) electrons. The molecule has 3 rings (SSSR count). The lowest BCUT2D eigenvalue weighted by Crippen LogP contribution is -1.88. The van der Waals surface area contributed by atoms with Crippen molar-refractivity contribution in [3.8, 4) is 11.3 Å². The number of anilines is 1. The summed E-state index contributed by atoms with van der Waals surface area (Å²) in [6.07, 6.45) is 1.88. The number of rotatable bonds is 1. The number of hydrogen-bond donors (Lipinski definition) is 1. The van der Waals surface area contributed by atoms with E-state index < -0.39 is 0 Å². The summed E-state index contributed by atoms with van der Waals surface area (Å²) in [7, 11) is 0. The maximum atomic E-state index is 6.00. The first-order valence-electron chi connectivity index (χ1n) is 5.65. The number of imidazole rings is 1. The van der Waals surface area contributed by atoms with Crippen molar-refractivity contribution in [1.29, 1.82) is 0 Å². The lowest BCUT2D eigenvalue weighted by Gasteiger charge is -2.00. The number of nitrogens with two attached hydrogens (primary N) is 1. The number of fused-ring (bicyclic) bond motifs is 1. The van der Waals surface area contributed by atoms with Gasteiger partial charge < -0.3 is 10.1 Å². The molecule has 0 amide bonds. The van der Waals surface area contributed by atoms with Gasteiger partial charge in [0.25, 0.3) is 0 Å². The minimum absolute atomic E-state index is 0.701. The Balaban J connectivity index is 2.23. The third-order valence-electron chi connectivity index (χ3n) is 3.01. The second-order valence-corrected chi connectivity index (χ2v) is 4.68. The van der Waals surface area contributed by atoms with E-state index in [1.807, 2.05) is 53.9 Å². The van der Waals surface area contributed by atoms with Crippen molar-refractivity contribution < 1.29 is 0 Å². The topological polar surface area (TPSA) is 43.3 Å². The monoisotopic (exact) mass is 257 g/mol. The molecule has 1 aromatic carbocycles. The predicted molar refractivity (Wildman–Crippen MR) is 74.8 cm³/mol. The molecule has 2 heterocycles. The summed E-state index contributed by atoms with van der Waals surface area (Å²) in [5, 5.41) is 0.701. The molecule has 0 unspecified atom stereocenters. The van der Waals surface area contributed by atoms with Crippen LogP contribution in [0.2, 0.25) is 5.02 Å². The Morgan fingerprint density at radius 1 is 1.11 bits per heavy atom. The molecule has 0 saturated heterocycles. The van der Waals surface area contributed by atoms with Crippen LogP contribution in [-0.2, 0) is 0 Å². The Morgan fingerprint density at radius 2 is 1.83 bits per heavy atom. The SMILES string of the molecule is Cc1c(-c2ccc(N)cc2)nc2ccc(Cl)cn12. The van der Waals surface area contributed by atoms with E-state index >= 15 is 0 Å². The Morgan fingerprint density at radius 3 is 2.56 bits per heavy atom. The standard InChI is InChI=1S/C14H12ClN3/c1-9-14(10-2-5-12(16)6-3-10)17-13-7-4-11(15)8-18(9)13/h2-8H,16H2,1H3. The Hall–Kier alpha value is -2.00. The fraction of sp³-hybridized carbons (Fsp3) is 0.0714. The lowest BCUT2D eigenvalue weighted by molar-refractivity contribution is 1.11. The Kier molecular flexibility index (Phi) is 2.49. The molecule has 0 aliphatic carbocycles. The lowest BCUT2D eigenvalue weighted by atomic mass is 10.1. The average Bonchev–Trinajstić information content (AvgIpc) is 2.68. The second-order valence-electron chi connectivity index (χ2n) is 4.24. The largest absolute Gasteiger partial charge is 0.399 e. The molecule has 90 valence electrons. The molecule has 18 heavy (non-hydrogen) atoms. The van der Waals surface area contributed by atoms with Crippen LogP contribution >= 0.6 is 11.6 Å². The van der Waals surface area contributed by atoms with Gasteiger partial charge in [0.15, 0.2) is 0 Å². The Labute approximate surface area is 110 Å². The van der Waals surface area contributed by atoms with Gasteiger partial charge in [-0.2, -0.15) is 0 Å². The first-order valence-corrected chi connectivity index (χ1v) is 6.03. The second kappa shape index (κ2) is 4.03. The van der Waals surface area contributed by atoms with Gasteiger partial charge in [-0.15, -0.1) is 0 Å². The van der Waals surface area contributed by atoms with Crippen LogP contribution in [0.4, 0.5) is 5.69 Å². The zero-order chi connectivity index (χ0) is 12.7. The van der Waals surface area contributed by atoms with Gasteiger partial charge in [-0.3, -0.25) is 0 Å². The molecule has 3 nitrogen and oxygen atoms in total. The van der Waals surface area contributed by atoms with Crippen LogP contribution in [0.5, 0.6) is 0 Å². The van der Waals surface area contributed by atoms with Gasteiger partial charge in [0.2, 0.25) is 0 Å². The highest BCUT2D eigenvalue weighted by Gasteiger charge is 2.10. The summed E-state index contributed by atoms with van der Waals surface area (Å²) in [6.45, 7) is 2.03. The molecule has 2 N–H and O–H groups in total. The van der Waals surface area contributed by atoms with Crippen molar-refractivity contribution in [2.45, 2.75) is 6.92 Å². The van der Waals surface area contributed by atoms with Crippen LogP contribution in [0, 0.1) is 6.92 Å². The van der Waals surface area contributed by atoms with E-state index in [-0.39, 0.29) is 0 Å². The number of nitrogens with zero attached hydrogens (tertiary/aromatic N) is 2. The summed E-state index contributed by atoms with van der Waals surface area (Å²) in [6, 6.07) is 11.5. The van der Waals surface area contributed by atoms with Crippen LogP contribution in [0.1, 0.15) is 5.69 Å². The third kappa shape index (κ3) is 1.73. The van der Waals surface area contributed by atoms with Crippen LogP contribution in [0.15, 0.2) is 42.6 Å². The van der Waals surface area contributed by atoms with Crippen LogP contribution < -0.4 is 5.73 Å². The molecule has 2 aromatic heterocycles. The molecule has 0 fully saturated rings. The van der Waals surface area contributed by atoms with Crippen molar-refractivity contribution in [3.05, 3.63) is 53.3 Å². The normalized spacial score (nSPS) is 11.0. The van der Waals surface area contributed by atoms with Crippen LogP contribution in [0.25, 0.3) is 16.9 Å². The molecule has 4 heteroatoms. The zero-order valence-corrected chi connectivity index (χ0v) is 10.6. The maximum absolute atomic E-state index is 6.00. The Bertz CT molecular complexity index is 714. The summed E-state index contributed by atoms with van der Waals surface area (Å²) >= 11 is 6.00. The first kappa shape index (κ1) is 11.1. The van der Waals surface area contributed by atoms with Crippen molar-refractivity contribution in [3.63, 3.8) is 0 Å².